The number of phenols is 1. The molecule has 0 unspecified atom stereocenters. The predicted octanol–water partition coefficient (Wildman–Crippen LogP) is 5.93. The second-order valence-electron chi connectivity index (χ2n) is 8.00. The standard InChI is InChI=1S/C29H25NO7/c1-35-25-15-14-20(18-24(25)31)28(26(16-17-27(32)33)36-21-10-3-2-4-11-21)37-29(34)30-23-13-7-9-19-8-5-6-12-22(19)23/h2-18,26,28,31H,1H3,(H,30,34)(H,32,33)/b17-16+/t26-,28-/m1/s1. The van der Waals surface area contributed by atoms with Gasteiger partial charge in [0.15, 0.2) is 23.7 Å². The first-order valence-corrected chi connectivity index (χ1v) is 11.4. The van der Waals surface area contributed by atoms with Crippen LogP contribution < -0.4 is 14.8 Å². The second-order valence-corrected chi connectivity index (χ2v) is 8.00. The van der Waals surface area contributed by atoms with E-state index in [4.69, 9.17) is 14.2 Å². The van der Waals surface area contributed by atoms with Crippen LogP contribution in [0.1, 0.15) is 11.7 Å². The van der Waals surface area contributed by atoms with Gasteiger partial charge in [0.2, 0.25) is 0 Å². The molecule has 0 aliphatic carbocycles. The summed E-state index contributed by atoms with van der Waals surface area (Å²) >= 11 is 0. The van der Waals surface area contributed by atoms with Crippen molar-refractivity contribution >= 4 is 28.5 Å². The number of ether oxygens (including phenoxy) is 3. The summed E-state index contributed by atoms with van der Waals surface area (Å²) in [7, 11) is 1.41. The third-order valence-electron chi connectivity index (χ3n) is 5.53. The van der Waals surface area contributed by atoms with E-state index in [9.17, 15) is 19.8 Å². The third-order valence-corrected chi connectivity index (χ3v) is 5.53. The van der Waals surface area contributed by atoms with E-state index in [1.807, 2.05) is 42.5 Å². The van der Waals surface area contributed by atoms with Crippen molar-refractivity contribution in [3.63, 3.8) is 0 Å². The highest BCUT2D eigenvalue weighted by molar-refractivity contribution is 6.00. The Morgan fingerprint density at radius 2 is 1.65 bits per heavy atom. The molecule has 37 heavy (non-hydrogen) atoms. The van der Waals surface area contributed by atoms with Gasteiger partial charge < -0.3 is 24.4 Å². The van der Waals surface area contributed by atoms with Crippen LogP contribution in [0.25, 0.3) is 10.8 Å². The summed E-state index contributed by atoms with van der Waals surface area (Å²) in [6, 6.07) is 26.3. The number of nitrogens with one attached hydrogen (secondary N) is 1. The normalized spacial score (nSPS) is 12.6. The van der Waals surface area contributed by atoms with Crippen LogP contribution in [0.15, 0.2) is 103 Å². The molecule has 2 atom stereocenters. The summed E-state index contributed by atoms with van der Waals surface area (Å²) in [4.78, 5) is 24.4. The molecule has 8 nitrogen and oxygen atoms in total. The Balaban J connectivity index is 1.69. The molecule has 8 heteroatoms. The van der Waals surface area contributed by atoms with Gasteiger partial charge in [0.05, 0.1) is 12.8 Å². The number of methoxy groups -OCH3 is 1. The van der Waals surface area contributed by atoms with E-state index in [1.165, 1.54) is 25.3 Å². The van der Waals surface area contributed by atoms with Gasteiger partial charge in [-0.1, -0.05) is 60.7 Å². The number of carboxylic acid groups (broad SMARTS) is 1. The van der Waals surface area contributed by atoms with Crippen LogP contribution in [0.3, 0.4) is 0 Å². The maximum Gasteiger partial charge on any atom is 0.412 e. The fourth-order valence-electron chi connectivity index (χ4n) is 3.83. The number of para-hydroxylation sites is 1. The average molecular weight is 500 g/mol. The Labute approximate surface area is 213 Å². The maximum atomic E-state index is 13.1. The topological polar surface area (TPSA) is 114 Å². The zero-order valence-corrected chi connectivity index (χ0v) is 19.9. The average Bonchev–Trinajstić information content (AvgIpc) is 2.90. The summed E-state index contributed by atoms with van der Waals surface area (Å²) in [5, 5.41) is 24.2. The number of hydrogen-bond donors (Lipinski definition) is 3. The van der Waals surface area contributed by atoms with Gasteiger partial charge in [0.1, 0.15) is 5.75 Å². The van der Waals surface area contributed by atoms with Gasteiger partial charge in [-0.2, -0.15) is 0 Å². The Morgan fingerprint density at radius 1 is 0.919 bits per heavy atom. The minimum absolute atomic E-state index is 0.177. The van der Waals surface area contributed by atoms with Crippen molar-refractivity contribution in [3.05, 3.63) is 109 Å². The first-order valence-electron chi connectivity index (χ1n) is 11.4. The molecule has 0 fully saturated rings. The summed E-state index contributed by atoms with van der Waals surface area (Å²) in [6.45, 7) is 0. The molecule has 4 aromatic rings. The summed E-state index contributed by atoms with van der Waals surface area (Å²) < 4.78 is 17.0. The molecule has 4 aromatic carbocycles. The van der Waals surface area contributed by atoms with E-state index >= 15 is 0 Å². The van der Waals surface area contributed by atoms with Gasteiger partial charge in [0, 0.05) is 17.0 Å². The monoisotopic (exact) mass is 499 g/mol. The fourth-order valence-corrected chi connectivity index (χ4v) is 3.83. The molecule has 0 bridgehead atoms. The predicted molar refractivity (Wildman–Crippen MR) is 139 cm³/mol. The van der Waals surface area contributed by atoms with Crippen molar-refractivity contribution < 1.29 is 34.0 Å². The lowest BCUT2D eigenvalue weighted by atomic mass is 10.0. The molecule has 0 aliphatic heterocycles. The van der Waals surface area contributed by atoms with Crippen molar-refractivity contribution in [1.29, 1.82) is 0 Å². The van der Waals surface area contributed by atoms with Gasteiger partial charge in [-0.3, -0.25) is 5.32 Å². The summed E-state index contributed by atoms with van der Waals surface area (Å²) in [5.41, 5.74) is 0.906. The number of amides is 1. The van der Waals surface area contributed by atoms with Crippen LogP contribution in [0, 0.1) is 0 Å². The van der Waals surface area contributed by atoms with E-state index in [-0.39, 0.29) is 11.5 Å². The molecule has 0 radical (unpaired) electrons. The SMILES string of the molecule is COc1ccc([C@@H](OC(=O)Nc2cccc3ccccc23)[C@@H](/C=C/C(=O)O)Oc2ccccc2)cc1O. The molecule has 3 N–H and O–H groups in total. The number of rotatable bonds is 9. The molecule has 0 aliphatic rings. The molecule has 188 valence electrons. The number of hydrogen-bond acceptors (Lipinski definition) is 6. The third kappa shape index (κ3) is 6.37. The smallest absolute Gasteiger partial charge is 0.412 e. The molecule has 0 spiro atoms. The van der Waals surface area contributed by atoms with Crippen LogP contribution in [-0.2, 0) is 9.53 Å². The fraction of sp³-hybridized carbons (Fsp3) is 0.103. The number of benzene rings is 4. The minimum Gasteiger partial charge on any atom is -0.504 e. The van der Waals surface area contributed by atoms with Crippen LogP contribution in [0.5, 0.6) is 17.2 Å². The quantitative estimate of drug-likeness (QED) is 0.245. The van der Waals surface area contributed by atoms with Crippen molar-refractivity contribution in [2.75, 3.05) is 12.4 Å². The highest BCUT2D eigenvalue weighted by atomic mass is 16.6. The van der Waals surface area contributed by atoms with E-state index in [0.29, 0.717) is 17.0 Å². The summed E-state index contributed by atoms with van der Waals surface area (Å²) in [5.74, 6) is -0.713. The Kier molecular flexibility index (Phi) is 7.90. The summed E-state index contributed by atoms with van der Waals surface area (Å²) in [6.07, 6.45) is -0.781. The Hall–Kier alpha value is -4.98. The van der Waals surface area contributed by atoms with Crippen LogP contribution in [0.4, 0.5) is 10.5 Å². The zero-order chi connectivity index (χ0) is 26.2. The Bertz CT molecular complexity index is 1410. The molecule has 1 amide bonds. The van der Waals surface area contributed by atoms with Crippen LogP contribution >= 0.6 is 0 Å². The Morgan fingerprint density at radius 3 is 2.38 bits per heavy atom. The van der Waals surface area contributed by atoms with E-state index in [1.54, 1.807) is 36.4 Å². The van der Waals surface area contributed by atoms with E-state index in [0.717, 1.165) is 16.8 Å². The second kappa shape index (κ2) is 11.6. The number of aromatic hydroxyl groups is 1. The lowest BCUT2D eigenvalue weighted by Crippen LogP contribution is -2.29. The number of phenolic OH excluding ortho intramolecular Hbond substituents is 1. The van der Waals surface area contributed by atoms with Crippen LogP contribution in [-0.4, -0.2) is 35.5 Å². The number of aliphatic carboxylic acids is 1. The molecule has 0 aromatic heterocycles. The molecule has 4 rings (SSSR count). The lowest BCUT2D eigenvalue weighted by Gasteiger charge is -2.26. The number of carbonyl (C=O) groups excluding carboxylic acids is 1. The van der Waals surface area contributed by atoms with Crippen molar-refractivity contribution in [3.8, 4) is 17.2 Å². The first-order chi connectivity index (χ1) is 17.9. The largest absolute Gasteiger partial charge is 0.504 e. The molecule has 0 saturated carbocycles. The molecule has 0 heterocycles. The van der Waals surface area contributed by atoms with Crippen molar-refractivity contribution in [2.24, 2.45) is 0 Å². The molecular weight excluding hydrogens is 474 g/mol. The highest BCUT2D eigenvalue weighted by Gasteiger charge is 2.29. The van der Waals surface area contributed by atoms with Crippen molar-refractivity contribution in [1.82, 2.24) is 0 Å². The van der Waals surface area contributed by atoms with Crippen LogP contribution in [0.2, 0.25) is 0 Å². The molecule has 0 saturated heterocycles. The van der Waals surface area contributed by atoms with Gasteiger partial charge in [0.25, 0.3) is 0 Å². The highest BCUT2D eigenvalue weighted by Crippen LogP contribution is 2.34. The van der Waals surface area contributed by atoms with Gasteiger partial charge in [-0.05, 0) is 41.8 Å². The maximum absolute atomic E-state index is 13.1. The number of carbonyl (C=O) groups is 2. The van der Waals surface area contributed by atoms with E-state index in [2.05, 4.69) is 5.32 Å². The lowest BCUT2D eigenvalue weighted by molar-refractivity contribution is -0.131. The minimum atomic E-state index is -1.20. The van der Waals surface area contributed by atoms with Crippen molar-refractivity contribution in [2.45, 2.75) is 12.2 Å². The van der Waals surface area contributed by atoms with Gasteiger partial charge in [-0.15, -0.1) is 0 Å². The number of carboxylic acids is 1. The number of fused-ring (bicyclic) bond motifs is 1. The van der Waals surface area contributed by atoms with E-state index < -0.39 is 24.3 Å². The zero-order valence-electron chi connectivity index (χ0n) is 19.9. The first kappa shape index (κ1) is 25.1. The van der Waals surface area contributed by atoms with Gasteiger partial charge in [-0.25, -0.2) is 9.59 Å². The molecular formula is C29H25NO7. The van der Waals surface area contributed by atoms with Gasteiger partial charge >= 0.3 is 12.1 Å². The number of anilines is 1.